The van der Waals surface area contributed by atoms with Crippen LogP contribution in [0.4, 0.5) is 5.95 Å². The first-order chi connectivity index (χ1) is 7.45. The van der Waals surface area contributed by atoms with Gasteiger partial charge >= 0.3 is 0 Å². The van der Waals surface area contributed by atoms with Gasteiger partial charge in [-0.25, -0.2) is 9.97 Å². The number of aryl methyl sites for hydroxylation is 1. The normalized spacial score (nSPS) is 12.9. The van der Waals surface area contributed by atoms with E-state index in [1.807, 2.05) is 20.0 Å². The Hall–Kier alpha value is -1.16. The number of anilines is 1. The maximum absolute atomic E-state index is 5.61. The summed E-state index contributed by atoms with van der Waals surface area (Å²) >= 11 is 0. The molecule has 1 aromatic rings. The summed E-state index contributed by atoms with van der Waals surface area (Å²) in [5.74, 6) is 1.33. The van der Waals surface area contributed by atoms with Crippen molar-refractivity contribution in [2.24, 2.45) is 11.7 Å². The Kier molecular flexibility index (Phi) is 4.24. The second-order valence-corrected chi connectivity index (χ2v) is 4.60. The van der Waals surface area contributed by atoms with E-state index in [9.17, 15) is 0 Å². The molecule has 0 aromatic carbocycles. The lowest BCUT2D eigenvalue weighted by atomic mass is 10.1. The van der Waals surface area contributed by atoms with Crippen LogP contribution in [0, 0.1) is 12.8 Å². The second kappa shape index (κ2) is 5.25. The van der Waals surface area contributed by atoms with Crippen LogP contribution in [0.2, 0.25) is 0 Å². The van der Waals surface area contributed by atoms with Crippen LogP contribution in [0.5, 0.6) is 0 Å². The van der Waals surface area contributed by atoms with Crippen LogP contribution >= 0.6 is 0 Å². The van der Waals surface area contributed by atoms with Crippen LogP contribution in [0.15, 0.2) is 6.07 Å². The molecule has 0 aliphatic carbocycles. The lowest BCUT2D eigenvalue weighted by Crippen LogP contribution is -2.34. The molecule has 0 saturated carbocycles. The fourth-order valence-electron chi connectivity index (χ4n) is 1.51. The van der Waals surface area contributed by atoms with E-state index in [4.69, 9.17) is 5.73 Å². The molecular weight excluding hydrogens is 200 g/mol. The molecule has 2 N–H and O–H groups in total. The first-order valence-electron chi connectivity index (χ1n) is 5.73. The minimum Gasteiger partial charge on any atom is -0.341 e. The minimum absolute atomic E-state index is 0.410. The van der Waals surface area contributed by atoms with Crippen LogP contribution < -0.4 is 10.6 Å². The van der Waals surface area contributed by atoms with Gasteiger partial charge in [0.25, 0.3) is 0 Å². The molecule has 0 aliphatic heterocycles. The monoisotopic (exact) mass is 222 g/mol. The average Bonchev–Trinajstić information content (AvgIpc) is 2.25. The van der Waals surface area contributed by atoms with E-state index in [0.29, 0.717) is 18.5 Å². The summed E-state index contributed by atoms with van der Waals surface area (Å²) in [4.78, 5) is 11.0. The maximum atomic E-state index is 5.61. The molecule has 0 fully saturated rings. The molecule has 0 amide bonds. The average molecular weight is 222 g/mol. The smallest absolute Gasteiger partial charge is 0.225 e. The van der Waals surface area contributed by atoms with Crippen molar-refractivity contribution in [1.82, 2.24) is 9.97 Å². The van der Waals surface area contributed by atoms with Crippen LogP contribution in [0.3, 0.4) is 0 Å². The van der Waals surface area contributed by atoms with Crippen LogP contribution in [0.1, 0.15) is 32.2 Å². The Balaban J connectivity index is 2.98. The van der Waals surface area contributed by atoms with Gasteiger partial charge < -0.3 is 10.6 Å². The Labute approximate surface area is 97.9 Å². The van der Waals surface area contributed by atoms with E-state index in [0.717, 1.165) is 17.3 Å². The van der Waals surface area contributed by atoms with Crippen molar-refractivity contribution in [3.05, 3.63) is 17.5 Å². The van der Waals surface area contributed by atoms with Crippen molar-refractivity contribution >= 4 is 5.95 Å². The summed E-state index contributed by atoms with van der Waals surface area (Å²) in [5, 5.41) is 0. The standard InChI is InChI=1S/C12H22N4/c1-8(2)10(4)16(5)12-14-9(3)6-11(7-13)15-12/h6,8,10H,7,13H2,1-5H3. The van der Waals surface area contributed by atoms with Crippen molar-refractivity contribution in [2.75, 3.05) is 11.9 Å². The fourth-order valence-corrected chi connectivity index (χ4v) is 1.51. The first kappa shape index (κ1) is 12.9. The molecule has 16 heavy (non-hydrogen) atoms. The molecule has 4 heteroatoms. The van der Waals surface area contributed by atoms with Gasteiger partial charge in [-0.3, -0.25) is 0 Å². The van der Waals surface area contributed by atoms with Crippen molar-refractivity contribution in [2.45, 2.75) is 40.3 Å². The predicted octanol–water partition coefficient (Wildman–Crippen LogP) is 1.72. The van der Waals surface area contributed by atoms with Crippen molar-refractivity contribution in [1.29, 1.82) is 0 Å². The molecule has 4 nitrogen and oxygen atoms in total. The summed E-state index contributed by atoms with van der Waals surface area (Å²) in [6.07, 6.45) is 0. The number of aromatic nitrogens is 2. The molecule has 0 saturated heterocycles. The van der Waals surface area contributed by atoms with Gasteiger partial charge in [-0.2, -0.15) is 0 Å². The van der Waals surface area contributed by atoms with Gasteiger partial charge in [-0.05, 0) is 25.8 Å². The number of hydrogen-bond acceptors (Lipinski definition) is 4. The lowest BCUT2D eigenvalue weighted by Gasteiger charge is -2.28. The van der Waals surface area contributed by atoms with E-state index < -0.39 is 0 Å². The highest BCUT2D eigenvalue weighted by Gasteiger charge is 2.16. The van der Waals surface area contributed by atoms with E-state index in [2.05, 4.69) is 35.6 Å². The first-order valence-corrected chi connectivity index (χ1v) is 5.73. The predicted molar refractivity (Wildman–Crippen MR) is 67.4 cm³/mol. The Bertz CT molecular complexity index is 349. The number of nitrogens with two attached hydrogens (primary N) is 1. The van der Waals surface area contributed by atoms with Crippen LogP contribution in [-0.4, -0.2) is 23.1 Å². The third-order valence-corrected chi connectivity index (χ3v) is 3.00. The van der Waals surface area contributed by atoms with E-state index in [1.165, 1.54) is 0 Å². The molecule has 1 rings (SSSR count). The summed E-state index contributed by atoms with van der Waals surface area (Å²) in [6, 6.07) is 2.34. The zero-order valence-electron chi connectivity index (χ0n) is 10.9. The van der Waals surface area contributed by atoms with E-state index >= 15 is 0 Å². The Morgan fingerprint density at radius 2 is 1.94 bits per heavy atom. The minimum atomic E-state index is 0.410. The summed E-state index contributed by atoms with van der Waals surface area (Å²) in [6.45, 7) is 9.00. The summed E-state index contributed by atoms with van der Waals surface area (Å²) < 4.78 is 0. The largest absolute Gasteiger partial charge is 0.341 e. The van der Waals surface area contributed by atoms with Crippen molar-refractivity contribution in [3.63, 3.8) is 0 Å². The molecule has 0 bridgehead atoms. The molecule has 0 radical (unpaired) electrons. The Morgan fingerprint density at radius 3 is 2.44 bits per heavy atom. The topological polar surface area (TPSA) is 55.0 Å². The third kappa shape index (κ3) is 2.92. The van der Waals surface area contributed by atoms with Gasteiger partial charge in [0.15, 0.2) is 0 Å². The Morgan fingerprint density at radius 1 is 1.31 bits per heavy atom. The highest BCUT2D eigenvalue weighted by Crippen LogP contribution is 2.15. The van der Waals surface area contributed by atoms with Gasteiger partial charge in [-0.1, -0.05) is 13.8 Å². The molecule has 90 valence electrons. The quantitative estimate of drug-likeness (QED) is 0.843. The molecule has 1 aromatic heterocycles. The fraction of sp³-hybridized carbons (Fsp3) is 0.667. The summed E-state index contributed by atoms with van der Waals surface area (Å²) in [5.41, 5.74) is 7.47. The molecule has 1 heterocycles. The molecule has 0 spiro atoms. The van der Waals surface area contributed by atoms with Gasteiger partial charge in [-0.15, -0.1) is 0 Å². The van der Waals surface area contributed by atoms with Gasteiger partial charge in [0.2, 0.25) is 5.95 Å². The summed E-state index contributed by atoms with van der Waals surface area (Å²) in [7, 11) is 2.03. The van der Waals surface area contributed by atoms with Crippen LogP contribution in [0.25, 0.3) is 0 Å². The van der Waals surface area contributed by atoms with Crippen molar-refractivity contribution < 1.29 is 0 Å². The SMILES string of the molecule is Cc1cc(CN)nc(N(C)C(C)C(C)C)n1. The van der Waals surface area contributed by atoms with Crippen LogP contribution in [-0.2, 0) is 6.54 Å². The molecule has 0 aliphatic rings. The van der Waals surface area contributed by atoms with E-state index in [-0.39, 0.29) is 0 Å². The molecule has 1 atom stereocenters. The van der Waals surface area contributed by atoms with Crippen molar-refractivity contribution in [3.8, 4) is 0 Å². The lowest BCUT2D eigenvalue weighted by molar-refractivity contribution is 0.498. The highest BCUT2D eigenvalue weighted by molar-refractivity contribution is 5.32. The number of rotatable bonds is 4. The van der Waals surface area contributed by atoms with Gasteiger partial charge in [0.05, 0.1) is 5.69 Å². The second-order valence-electron chi connectivity index (χ2n) is 4.60. The van der Waals surface area contributed by atoms with Gasteiger partial charge in [0, 0.05) is 25.3 Å². The van der Waals surface area contributed by atoms with E-state index in [1.54, 1.807) is 0 Å². The highest BCUT2D eigenvalue weighted by atomic mass is 15.3. The number of hydrogen-bond donors (Lipinski definition) is 1. The number of nitrogens with zero attached hydrogens (tertiary/aromatic N) is 3. The zero-order valence-corrected chi connectivity index (χ0v) is 10.9. The zero-order chi connectivity index (χ0) is 12.3. The maximum Gasteiger partial charge on any atom is 0.225 e. The van der Waals surface area contributed by atoms with Gasteiger partial charge in [0.1, 0.15) is 0 Å². The molecule has 1 unspecified atom stereocenters. The third-order valence-electron chi connectivity index (χ3n) is 3.00. The molecular formula is C12H22N4.